The molecule has 0 aliphatic heterocycles. The number of hydrogen-bond donors (Lipinski definition) is 3. The van der Waals surface area contributed by atoms with Gasteiger partial charge in [0.05, 0.1) is 0 Å². The van der Waals surface area contributed by atoms with Crippen LogP contribution >= 0.6 is 11.3 Å². The average Bonchev–Trinajstić information content (AvgIpc) is 2.90. The highest BCUT2D eigenvalue weighted by molar-refractivity contribution is 7.07. The molecule has 1 heterocycles. The van der Waals surface area contributed by atoms with Crippen LogP contribution in [0, 0.1) is 11.6 Å². The van der Waals surface area contributed by atoms with Crippen molar-refractivity contribution in [1.29, 1.82) is 0 Å². The Kier molecular flexibility index (Phi) is 4.87. The Hall–Kier alpha value is -1.99. The number of nitrogen functional groups attached to an aromatic ring is 1. The van der Waals surface area contributed by atoms with Gasteiger partial charge in [0.25, 0.3) is 5.91 Å². The summed E-state index contributed by atoms with van der Waals surface area (Å²) in [6.07, 6.45) is 0.655. The number of rotatable bonds is 5. The van der Waals surface area contributed by atoms with E-state index in [2.05, 4.69) is 5.32 Å². The number of halogens is 2. The van der Waals surface area contributed by atoms with Crippen molar-refractivity contribution in [3.8, 4) is 0 Å². The lowest BCUT2D eigenvalue weighted by molar-refractivity contribution is 0.0939. The van der Waals surface area contributed by atoms with Crippen molar-refractivity contribution in [3.05, 3.63) is 51.7 Å². The second-order valence-corrected chi connectivity index (χ2v) is 5.45. The quantitative estimate of drug-likeness (QED) is 0.587. The SMILES string of the molecule is CC(Cc1ccsc1)NC(=O)c1cc(F)c(NN)c(F)c1. The number of amides is 1. The summed E-state index contributed by atoms with van der Waals surface area (Å²) in [5.41, 5.74) is 2.48. The van der Waals surface area contributed by atoms with Gasteiger partial charge in [-0.1, -0.05) is 0 Å². The molecule has 0 saturated heterocycles. The summed E-state index contributed by atoms with van der Waals surface area (Å²) in [4.78, 5) is 12.0. The third-order valence-corrected chi connectivity index (χ3v) is 3.68. The Labute approximate surface area is 124 Å². The Morgan fingerprint density at radius 2 is 2.05 bits per heavy atom. The number of benzene rings is 1. The van der Waals surface area contributed by atoms with Crippen molar-refractivity contribution in [2.75, 3.05) is 5.43 Å². The van der Waals surface area contributed by atoms with E-state index in [1.807, 2.05) is 29.2 Å². The monoisotopic (exact) mass is 311 g/mol. The molecule has 1 aromatic carbocycles. The van der Waals surface area contributed by atoms with Crippen LogP contribution in [0.15, 0.2) is 29.0 Å². The second-order valence-electron chi connectivity index (χ2n) is 4.67. The van der Waals surface area contributed by atoms with E-state index >= 15 is 0 Å². The van der Waals surface area contributed by atoms with E-state index in [9.17, 15) is 13.6 Å². The van der Waals surface area contributed by atoms with E-state index in [1.54, 1.807) is 11.3 Å². The fourth-order valence-electron chi connectivity index (χ4n) is 1.96. The van der Waals surface area contributed by atoms with Crippen LogP contribution in [0.1, 0.15) is 22.8 Å². The predicted molar refractivity (Wildman–Crippen MR) is 79.1 cm³/mol. The third kappa shape index (κ3) is 3.77. The predicted octanol–water partition coefficient (Wildman–Crippen LogP) is 2.67. The second kappa shape index (κ2) is 6.64. The van der Waals surface area contributed by atoms with Crippen molar-refractivity contribution in [1.82, 2.24) is 5.32 Å². The molecule has 4 N–H and O–H groups in total. The highest BCUT2D eigenvalue weighted by Crippen LogP contribution is 2.19. The van der Waals surface area contributed by atoms with Gasteiger partial charge in [-0.2, -0.15) is 11.3 Å². The molecular formula is C14H15F2N3OS. The van der Waals surface area contributed by atoms with Gasteiger partial charge in [0.2, 0.25) is 0 Å². The van der Waals surface area contributed by atoms with Gasteiger partial charge in [-0.15, -0.1) is 0 Å². The van der Waals surface area contributed by atoms with Crippen LogP contribution in [-0.4, -0.2) is 11.9 Å². The number of carbonyl (C=O) groups excluding carboxylic acids is 1. The normalized spacial score (nSPS) is 12.0. The van der Waals surface area contributed by atoms with Gasteiger partial charge in [0.1, 0.15) is 5.69 Å². The molecule has 2 rings (SSSR count). The van der Waals surface area contributed by atoms with Gasteiger partial charge in [-0.25, -0.2) is 8.78 Å². The molecule has 0 fully saturated rings. The van der Waals surface area contributed by atoms with Gasteiger partial charge in [-0.05, 0) is 47.9 Å². The maximum Gasteiger partial charge on any atom is 0.251 e. The average molecular weight is 311 g/mol. The van der Waals surface area contributed by atoms with E-state index in [4.69, 9.17) is 5.84 Å². The van der Waals surface area contributed by atoms with Crippen LogP contribution in [0.4, 0.5) is 14.5 Å². The van der Waals surface area contributed by atoms with Crippen molar-refractivity contribution in [2.45, 2.75) is 19.4 Å². The van der Waals surface area contributed by atoms with Gasteiger partial charge < -0.3 is 10.7 Å². The first-order chi connectivity index (χ1) is 10.0. The first-order valence-corrected chi connectivity index (χ1v) is 7.23. The first-order valence-electron chi connectivity index (χ1n) is 6.29. The summed E-state index contributed by atoms with van der Waals surface area (Å²) in [5, 5.41) is 6.65. The van der Waals surface area contributed by atoms with Crippen molar-refractivity contribution in [2.24, 2.45) is 5.84 Å². The van der Waals surface area contributed by atoms with E-state index in [-0.39, 0.29) is 11.6 Å². The standard InChI is InChI=1S/C14H15F2N3OS/c1-8(4-9-2-3-21-7-9)18-14(20)10-5-11(15)13(19-17)12(16)6-10/h2-3,5-8,19H,4,17H2,1H3,(H,18,20). The van der Waals surface area contributed by atoms with Crippen LogP contribution in [-0.2, 0) is 6.42 Å². The molecule has 0 aliphatic carbocycles. The molecule has 0 saturated carbocycles. The van der Waals surface area contributed by atoms with Crippen LogP contribution in [0.5, 0.6) is 0 Å². The minimum Gasteiger partial charge on any atom is -0.349 e. The topological polar surface area (TPSA) is 67.2 Å². The summed E-state index contributed by atoms with van der Waals surface area (Å²) in [6.45, 7) is 1.83. The number of hydrazine groups is 1. The molecule has 0 bridgehead atoms. The molecular weight excluding hydrogens is 296 g/mol. The Bertz CT molecular complexity index is 608. The summed E-state index contributed by atoms with van der Waals surface area (Å²) in [6, 6.07) is 3.72. The van der Waals surface area contributed by atoms with Crippen LogP contribution < -0.4 is 16.6 Å². The smallest absolute Gasteiger partial charge is 0.251 e. The Morgan fingerprint density at radius 1 is 1.38 bits per heavy atom. The summed E-state index contributed by atoms with van der Waals surface area (Å²) < 4.78 is 27.1. The van der Waals surface area contributed by atoms with E-state index in [0.717, 1.165) is 17.7 Å². The number of nitrogens with one attached hydrogen (secondary N) is 2. The van der Waals surface area contributed by atoms with E-state index < -0.39 is 23.2 Å². The molecule has 1 unspecified atom stereocenters. The maximum atomic E-state index is 13.6. The van der Waals surface area contributed by atoms with Crippen molar-refractivity contribution >= 4 is 22.9 Å². The molecule has 1 amide bonds. The lowest BCUT2D eigenvalue weighted by Gasteiger charge is -2.14. The highest BCUT2D eigenvalue weighted by Gasteiger charge is 2.16. The summed E-state index contributed by atoms with van der Waals surface area (Å²) >= 11 is 1.57. The zero-order valence-corrected chi connectivity index (χ0v) is 12.1. The Morgan fingerprint density at radius 3 is 2.57 bits per heavy atom. The van der Waals surface area contributed by atoms with Gasteiger partial charge in [0, 0.05) is 11.6 Å². The zero-order valence-electron chi connectivity index (χ0n) is 11.3. The van der Waals surface area contributed by atoms with E-state index in [0.29, 0.717) is 6.42 Å². The number of anilines is 1. The number of thiophene rings is 1. The molecule has 7 heteroatoms. The first kappa shape index (κ1) is 15.4. The number of hydrogen-bond acceptors (Lipinski definition) is 4. The van der Waals surface area contributed by atoms with Crippen LogP contribution in [0.2, 0.25) is 0 Å². The fourth-order valence-corrected chi connectivity index (χ4v) is 2.64. The van der Waals surface area contributed by atoms with Crippen LogP contribution in [0.3, 0.4) is 0 Å². The van der Waals surface area contributed by atoms with Gasteiger partial charge in [0.15, 0.2) is 11.6 Å². The summed E-state index contributed by atoms with van der Waals surface area (Å²) in [7, 11) is 0. The third-order valence-electron chi connectivity index (χ3n) is 2.95. The largest absolute Gasteiger partial charge is 0.349 e. The van der Waals surface area contributed by atoms with Gasteiger partial charge >= 0.3 is 0 Å². The molecule has 21 heavy (non-hydrogen) atoms. The molecule has 112 valence electrons. The minimum absolute atomic E-state index is 0.0823. The molecule has 0 radical (unpaired) electrons. The zero-order chi connectivity index (χ0) is 15.4. The molecule has 1 atom stereocenters. The van der Waals surface area contributed by atoms with E-state index in [1.165, 1.54) is 0 Å². The highest BCUT2D eigenvalue weighted by atomic mass is 32.1. The summed E-state index contributed by atoms with van der Waals surface area (Å²) in [5.74, 6) is 2.66. The number of nitrogens with two attached hydrogens (primary N) is 1. The fraction of sp³-hybridized carbons (Fsp3) is 0.214. The molecule has 0 aliphatic rings. The van der Waals surface area contributed by atoms with Crippen molar-refractivity contribution in [3.63, 3.8) is 0 Å². The maximum absolute atomic E-state index is 13.6. The molecule has 2 aromatic rings. The van der Waals surface area contributed by atoms with Crippen molar-refractivity contribution < 1.29 is 13.6 Å². The lowest BCUT2D eigenvalue weighted by atomic mass is 10.1. The molecule has 0 spiro atoms. The van der Waals surface area contributed by atoms with Gasteiger partial charge in [-0.3, -0.25) is 10.6 Å². The molecule has 4 nitrogen and oxygen atoms in total. The minimum atomic E-state index is -0.909. The lowest BCUT2D eigenvalue weighted by Crippen LogP contribution is -2.34. The Balaban J connectivity index is 2.06. The molecule has 1 aromatic heterocycles. The number of carbonyl (C=O) groups is 1. The van der Waals surface area contributed by atoms with Crippen LogP contribution in [0.25, 0.3) is 0 Å².